The minimum atomic E-state index is -2.11. The van der Waals surface area contributed by atoms with Crippen molar-refractivity contribution in [1.29, 1.82) is 0 Å². The average molecular weight is 1030 g/mol. The van der Waals surface area contributed by atoms with Crippen LogP contribution in [0, 0.1) is 23.7 Å². The smallest absolute Gasteiger partial charge is 0.329 e. The van der Waals surface area contributed by atoms with Crippen LogP contribution in [0.3, 0.4) is 0 Å². The maximum absolute atomic E-state index is 17.0. The summed E-state index contributed by atoms with van der Waals surface area (Å²) in [5, 5.41) is 12.8. The van der Waals surface area contributed by atoms with Gasteiger partial charge in [0.25, 0.3) is 0 Å². The third kappa shape index (κ3) is 9.13. The predicted octanol–water partition coefficient (Wildman–Crippen LogP) is 8.08. The summed E-state index contributed by atoms with van der Waals surface area (Å²) in [6.07, 6.45) is 5.40. The first-order chi connectivity index (χ1) is 36.9. The number of fused-ring (bicyclic) bond motifs is 4. The lowest BCUT2D eigenvalue weighted by Gasteiger charge is -2.46. The van der Waals surface area contributed by atoms with Crippen molar-refractivity contribution in [3.05, 3.63) is 166 Å². The Morgan fingerprint density at radius 1 is 0.803 bits per heavy atom. The third-order valence-electron chi connectivity index (χ3n) is 15.6. The minimum absolute atomic E-state index is 0.0414. The number of amides is 4. The van der Waals surface area contributed by atoms with Gasteiger partial charge < -0.3 is 39.0 Å². The molecule has 5 aromatic rings. The summed E-state index contributed by atoms with van der Waals surface area (Å²) in [5.74, 6) is 3.32. The normalized spacial score (nSPS) is 23.0. The van der Waals surface area contributed by atoms with Gasteiger partial charge in [0.2, 0.25) is 11.8 Å². The van der Waals surface area contributed by atoms with Crippen molar-refractivity contribution in [3.8, 4) is 29.1 Å². The second kappa shape index (κ2) is 21.7. The molecule has 7 atom stereocenters. The van der Waals surface area contributed by atoms with Crippen LogP contribution in [0.1, 0.15) is 96.7 Å². The van der Waals surface area contributed by atoms with Gasteiger partial charge in [0.05, 0.1) is 51.6 Å². The highest BCUT2D eigenvalue weighted by Gasteiger charge is 2.76. The van der Waals surface area contributed by atoms with Crippen LogP contribution in [0.25, 0.3) is 0 Å². The molecule has 0 saturated carbocycles. The molecule has 15 nitrogen and oxygen atoms in total. The Kier molecular flexibility index (Phi) is 14.7. The summed E-state index contributed by atoms with van der Waals surface area (Å²) in [4.78, 5) is 82.9. The van der Waals surface area contributed by atoms with Crippen molar-refractivity contribution >= 4 is 35.5 Å². The molecule has 5 aliphatic rings. The Morgan fingerprint density at radius 2 is 1.51 bits per heavy atom. The molecule has 1 spiro atoms. The molecule has 4 amide bonds. The number of ether oxygens (including phenoxy) is 5. The Bertz CT molecular complexity index is 3150. The fourth-order valence-electron chi connectivity index (χ4n) is 12.1. The average Bonchev–Trinajstić information content (AvgIpc) is 4.15. The number of anilines is 1. The second-order valence-electron chi connectivity index (χ2n) is 20.2. The first-order valence-electron chi connectivity index (χ1n) is 26.0. The lowest BCUT2D eigenvalue weighted by atomic mass is 9.64. The quantitative estimate of drug-likeness (QED) is 0.0910. The highest BCUT2D eigenvalue weighted by atomic mass is 16.6. The van der Waals surface area contributed by atoms with Gasteiger partial charge >= 0.3 is 18.0 Å². The number of rotatable bonds is 12. The monoisotopic (exact) mass is 1030 g/mol. The molecule has 2 fully saturated rings. The van der Waals surface area contributed by atoms with Crippen LogP contribution in [-0.4, -0.2) is 97.9 Å². The molecule has 4 aliphatic heterocycles. The molecule has 2 saturated heterocycles. The van der Waals surface area contributed by atoms with E-state index in [0.717, 1.165) is 52.8 Å². The van der Waals surface area contributed by atoms with Gasteiger partial charge in [-0.3, -0.25) is 19.3 Å². The Hall–Kier alpha value is -7.93. The summed E-state index contributed by atoms with van der Waals surface area (Å²) in [7, 11) is 4.34. The molecule has 0 bridgehead atoms. The molecule has 0 unspecified atom stereocenters. The van der Waals surface area contributed by atoms with E-state index in [2.05, 4.69) is 23.2 Å². The SMILES string of the molecule is COC(=O)[C@@H](NC(=O)N1C(=O)[C@@]2(c3cc(C#CC4=CCCCC4)ccc31)[C@H](C(=O)N1CCc3cc(OC)c(OC)cc3C1)[C@H]1C(=O)O[C@H](c3ccccc3)[C@H](c3ccccc3)N1[C@@H]2c1cccc(OCCO)c1)C(C)C. The summed E-state index contributed by atoms with van der Waals surface area (Å²) >= 11 is 0. The van der Waals surface area contributed by atoms with Crippen molar-refractivity contribution in [2.75, 3.05) is 46.0 Å². The van der Waals surface area contributed by atoms with Gasteiger partial charge in [-0.05, 0) is 119 Å². The number of methoxy groups -OCH3 is 3. The minimum Gasteiger partial charge on any atom is -0.493 e. The van der Waals surface area contributed by atoms with Crippen molar-refractivity contribution in [2.45, 2.75) is 88.2 Å². The Morgan fingerprint density at radius 3 is 2.18 bits per heavy atom. The van der Waals surface area contributed by atoms with Crippen LogP contribution in [0.4, 0.5) is 10.5 Å². The van der Waals surface area contributed by atoms with E-state index in [1.165, 1.54) is 7.11 Å². The topological polar surface area (TPSA) is 173 Å². The highest BCUT2D eigenvalue weighted by molar-refractivity contribution is 6.25. The standard InChI is InChI=1S/C61H62N4O11/c1-37(2)51(57(68)74-5)62-60(71)64-47-27-26-39(25-24-38-16-9-6-10-17-38)32-46(47)61(59(64)70)50(56(67)63-29-28-42-34-48(72-3)49(73-4)35-44(42)36-63)53-58(69)76-54(41-20-13-8-14-21-41)52(40-18-11-7-12-19-40)65(53)55(61)43-22-15-23-45(33-43)75-31-30-66/h7-8,11-16,18-23,26-27,32-35,37,50-55,66H,6,9-10,17,28-31,36H2,1-5H3,(H,62,71)/t50-,51-,52-,53-,54+,55+,61-/m0/s1. The molecule has 2 N–H and O–H groups in total. The lowest BCUT2D eigenvalue weighted by Crippen LogP contribution is -2.58. The number of benzene rings is 5. The summed E-state index contributed by atoms with van der Waals surface area (Å²) in [5.41, 5.74) is 3.47. The van der Waals surface area contributed by atoms with Crippen molar-refractivity contribution in [3.63, 3.8) is 0 Å². The van der Waals surface area contributed by atoms with E-state index in [9.17, 15) is 9.90 Å². The number of cyclic esters (lactones) is 1. The Balaban J connectivity index is 1.28. The molecule has 5 aromatic carbocycles. The van der Waals surface area contributed by atoms with E-state index in [4.69, 9.17) is 23.7 Å². The lowest BCUT2D eigenvalue weighted by molar-refractivity contribution is -0.179. The van der Waals surface area contributed by atoms with E-state index in [0.29, 0.717) is 40.4 Å². The molecule has 0 radical (unpaired) electrons. The van der Waals surface area contributed by atoms with Gasteiger partial charge in [0.15, 0.2) is 11.5 Å². The number of urea groups is 1. The molecule has 10 rings (SSSR count). The number of allylic oxidation sites excluding steroid dienone is 2. The van der Waals surface area contributed by atoms with Gasteiger partial charge in [-0.2, -0.15) is 0 Å². The number of aliphatic hydroxyl groups is 1. The van der Waals surface area contributed by atoms with Gasteiger partial charge in [-0.1, -0.05) is 105 Å². The number of hydrogen-bond donors (Lipinski definition) is 2. The maximum atomic E-state index is 17.0. The molecule has 15 heteroatoms. The van der Waals surface area contributed by atoms with E-state index >= 15 is 19.2 Å². The zero-order valence-corrected chi connectivity index (χ0v) is 43.3. The zero-order chi connectivity index (χ0) is 53.3. The van der Waals surface area contributed by atoms with Gasteiger partial charge in [0.1, 0.15) is 36.0 Å². The predicted molar refractivity (Wildman–Crippen MR) is 282 cm³/mol. The van der Waals surface area contributed by atoms with Crippen LogP contribution in [0.15, 0.2) is 127 Å². The number of carbonyl (C=O) groups excluding carboxylic acids is 5. The van der Waals surface area contributed by atoms with Crippen molar-refractivity contribution in [1.82, 2.24) is 15.1 Å². The van der Waals surface area contributed by atoms with Gasteiger partial charge in [0, 0.05) is 18.7 Å². The fraction of sp³-hybridized carbons (Fsp3) is 0.361. The van der Waals surface area contributed by atoms with E-state index in [1.54, 1.807) is 69.4 Å². The van der Waals surface area contributed by atoms with Crippen LogP contribution in [0.2, 0.25) is 0 Å². The second-order valence-corrected chi connectivity index (χ2v) is 20.2. The summed E-state index contributed by atoms with van der Waals surface area (Å²) in [6, 6.07) is 29.4. The first kappa shape index (κ1) is 51.6. The molecule has 4 heterocycles. The van der Waals surface area contributed by atoms with Crippen LogP contribution < -0.4 is 24.4 Å². The van der Waals surface area contributed by atoms with E-state index < -0.39 is 77.3 Å². The van der Waals surface area contributed by atoms with Crippen LogP contribution in [0.5, 0.6) is 17.2 Å². The number of aliphatic hydroxyl groups excluding tert-OH is 1. The molecule has 76 heavy (non-hydrogen) atoms. The summed E-state index contributed by atoms with van der Waals surface area (Å²) in [6.45, 7) is 3.49. The number of carbonyl (C=O) groups is 5. The number of nitrogens with zero attached hydrogens (tertiary/aromatic N) is 3. The summed E-state index contributed by atoms with van der Waals surface area (Å²) < 4.78 is 29.3. The van der Waals surface area contributed by atoms with E-state index in [1.807, 2.05) is 83.8 Å². The number of nitrogens with one attached hydrogen (secondary N) is 1. The number of hydrogen-bond acceptors (Lipinski definition) is 12. The first-order valence-corrected chi connectivity index (χ1v) is 26.0. The largest absolute Gasteiger partial charge is 0.493 e. The number of morpholine rings is 1. The van der Waals surface area contributed by atoms with Crippen molar-refractivity contribution < 1.29 is 52.8 Å². The highest BCUT2D eigenvalue weighted by Crippen LogP contribution is 2.66. The van der Waals surface area contributed by atoms with Crippen LogP contribution in [-0.2, 0) is 47.0 Å². The molecule has 0 aromatic heterocycles. The maximum Gasteiger partial charge on any atom is 0.329 e. The number of esters is 2. The third-order valence-corrected chi connectivity index (χ3v) is 15.6. The van der Waals surface area contributed by atoms with Gasteiger partial charge in [-0.15, -0.1) is 0 Å². The van der Waals surface area contributed by atoms with E-state index in [-0.39, 0.29) is 37.6 Å². The zero-order valence-electron chi connectivity index (χ0n) is 43.3. The van der Waals surface area contributed by atoms with Crippen LogP contribution >= 0.6 is 0 Å². The Labute approximate surface area is 442 Å². The molecular formula is C61H62N4O11. The van der Waals surface area contributed by atoms with Gasteiger partial charge in [-0.25, -0.2) is 14.5 Å². The number of imide groups is 1. The molecular weight excluding hydrogens is 965 g/mol. The molecule has 1 aliphatic carbocycles. The fourth-order valence-corrected chi connectivity index (χ4v) is 12.1. The van der Waals surface area contributed by atoms with Crippen molar-refractivity contribution in [2.24, 2.45) is 11.8 Å². The molecule has 392 valence electrons.